The molecular formula is C16H23N5O9. The Bertz CT molecular complexity index is 897. The summed E-state index contributed by atoms with van der Waals surface area (Å²) >= 11 is 0. The molecule has 30 heavy (non-hydrogen) atoms. The van der Waals surface area contributed by atoms with Crippen LogP contribution in [0.5, 0.6) is 5.75 Å². The Morgan fingerprint density at radius 3 is 1.87 bits per heavy atom. The second-order valence-electron chi connectivity index (χ2n) is 8.63. The van der Waals surface area contributed by atoms with Gasteiger partial charge in [-0.25, -0.2) is 0 Å². The maximum Gasteiger partial charge on any atom is 0.348 e. The van der Waals surface area contributed by atoms with Gasteiger partial charge in [0.2, 0.25) is 0 Å². The summed E-state index contributed by atoms with van der Waals surface area (Å²) in [5.74, 6) is -1.34. The summed E-state index contributed by atoms with van der Waals surface area (Å²) in [5.41, 5.74) is -7.52. The van der Waals surface area contributed by atoms with Gasteiger partial charge in [-0.05, 0) is 40.5 Å². The van der Waals surface area contributed by atoms with Crippen molar-refractivity contribution in [1.82, 2.24) is 5.06 Å². The van der Waals surface area contributed by atoms with Gasteiger partial charge in [-0.15, -0.1) is 0 Å². The number of hydroxylamine groups is 2. The molecule has 14 heteroatoms. The molecule has 0 aromatic heterocycles. The molecule has 0 spiro atoms. The molecule has 1 aliphatic heterocycles. The van der Waals surface area contributed by atoms with E-state index < -0.39 is 66.5 Å². The fourth-order valence-corrected chi connectivity index (χ4v) is 4.29. The number of piperidine rings is 1. The van der Waals surface area contributed by atoms with Crippen LogP contribution in [-0.2, 0) is 0 Å². The van der Waals surface area contributed by atoms with Crippen LogP contribution in [0.2, 0.25) is 0 Å². The third-order valence-electron chi connectivity index (χ3n) is 5.07. The fourth-order valence-electron chi connectivity index (χ4n) is 4.29. The second-order valence-corrected chi connectivity index (χ2v) is 8.63. The highest BCUT2D eigenvalue weighted by atomic mass is 16.6. The first-order valence-electron chi connectivity index (χ1n) is 8.81. The lowest BCUT2D eigenvalue weighted by Crippen LogP contribution is -2.65. The predicted octanol–water partition coefficient (Wildman–Crippen LogP) is 2.30. The summed E-state index contributed by atoms with van der Waals surface area (Å²) in [6.07, 6.45) is 0.0149. The number of hydrogen-bond donors (Lipinski definition) is 4. The zero-order valence-corrected chi connectivity index (χ0v) is 16.8. The van der Waals surface area contributed by atoms with Crippen molar-refractivity contribution in [3.8, 4) is 5.75 Å². The quantitative estimate of drug-likeness (QED) is 0.381. The highest BCUT2D eigenvalue weighted by Gasteiger charge is 2.52. The number of nitrogens with one attached hydrogen (secondary N) is 1. The minimum absolute atomic E-state index is 0.00743. The summed E-state index contributed by atoms with van der Waals surface area (Å²) in [4.78, 5) is 30.4. The van der Waals surface area contributed by atoms with Gasteiger partial charge < -0.3 is 20.7 Å². The van der Waals surface area contributed by atoms with Crippen LogP contribution in [0, 0.1) is 30.3 Å². The molecule has 4 N–H and O–H groups in total. The molecule has 0 unspecified atom stereocenters. The summed E-state index contributed by atoms with van der Waals surface area (Å²) in [6.45, 7) is 6.26. The van der Waals surface area contributed by atoms with Crippen molar-refractivity contribution < 1.29 is 30.2 Å². The van der Waals surface area contributed by atoms with Crippen molar-refractivity contribution in [2.75, 3.05) is 11.9 Å². The monoisotopic (exact) mass is 429 g/mol. The van der Waals surface area contributed by atoms with Gasteiger partial charge in [0.05, 0.1) is 20.4 Å². The van der Waals surface area contributed by atoms with Crippen LogP contribution >= 0.6 is 0 Å². The molecule has 14 nitrogen and oxygen atoms in total. The molecule has 0 amide bonds. The molecule has 166 valence electrons. The Kier molecular flexibility index (Phi) is 5.64. The second kappa shape index (κ2) is 7.30. The number of rotatable bonds is 6. The van der Waals surface area contributed by atoms with E-state index in [1.165, 1.54) is 0 Å². The van der Waals surface area contributed by atoms with Gasteiger partial charge in [-0.3, -0.25) is 30.3 Å². The van der Waals surface area contributed by atoms with Gasteiger partial charge in [-0.2, -0.15) is 5.06 Å². The van der Waals surface area contributed by atoms with Crippen LogP contribution in [0.4, 0.5) is 22.7 Å². The maximum atomic E-state index is 11.4. The molecule has 0 bridgehead atoms. The first-order chi connectivity index (χ1) is 13.5. The Morgan fingerprint density at radius 1 is 1.00 bits per heavy atom. The van der Waals surface area contributed by atoms with Gasteiger partial charge in [0.25, 0.3) is 5.75 Å². The number of nitro benzene ring substituents is 3. The maximum absolute atomic E-state index is 11.4. The summed E-state index contributed by atoms with van der Waals surface area (Å²) in [7, 11) is 0. The number of aromatic hydroxyl groups is 1. The van der Waals surface area contributed by atoms with Crippen LogP contribution in [0.15, 0.2) is 6.07 Å². The average Bonchev–Trinajstić information content (AvgIpc) is 2.56. The molecule has 0 saturated carbocycles. The first-order valence-corrected chi connectivity index (χ1v) is 8.81. The Hall–Kier alpha value is -3.10. The van der Waals surface area contributed by atoms with Crippen molar-refractivity contribution >= 4 is 22.7 Å². The molecule has 1 fully saturated rings. The summed E-state index contributed by atoms with van der Waals surface area (Å²) in [6, 6.07) is 0.416. The standard InChI is InChI=1S/C16H23N5O9/c1-14(2)6-16(23,7-15(3,4)21(14)30)8-17-11-9(18(24)25)5-10(19(26)27)13(22)12(11)20(28)29/h5,17,22-23,30H,6-8H2,1-4H3. The molecular weight excluding hydrogens is 406 g/mol. The molecule has 1 aromatic rings. The number of nitrogens with zero attached hydrogens (tertiary/aromatic N) is 4. The Morgan fingerprint density at radius 2 is 1.47 bits per heavy atom. The number of anilines is 1. The van der Waals surface area contributed by atoms with E-state index in [0.29, 0.717) is 6.07 Å². The highest BCUT2D eigenvalue weighted by molar-refractivity contribution is 5.83. The molecule has 2 rings (SSSR count). The van der Waals surface area contributed by atoms with Crippen molar-refractivity contribution in [3.63, 3.8) is 0 Å². The number of phenolic OH excluding ortho intramolecular Hbond substituents is 1. The lowest BCUT2D eigenvalue weighted by molar-refractivity contribution is -0.403. The number of aliphatic hydroxyl groups is 1. The minimum Gasteiger partial charge on any atom is -0.497 e. The van der Waals surface area contributed by atoms with Crippen LogP contribution in [-0.4, -0.2) is 58.5 Å². The SMILES string of the molecule is CC1(C)CC(O)(CNc2c([N+](=O)[O-])cc([N+](=O)[O-])c(O)c2[N+](=O)[O-])CC(C)(C)N1O. The van der Waals surface area contributed by atoms with Gasteiger partial charge in [0, 0.05) is 17.6 Å². The van der Waals surface area contributed by atoms with Crippen molar-refractivity contribution in [2.24, 2.45) is 0 Å². The molecule has 1 saturated heterocycles. The largest absolute Gasteiger partial charge is 0.497 e. The number of hydrogen-bond acceptors (Lipinski definition) is 11. The van der Waals surface area contributed by atoms with Crippen LogP contribution in [0.3, 0.4) is 0 Å². The molecule has 1 aromatic carbocycles. The van der Waals surface area contributed by atoms with Crippen molar-refractivity contribution in [3.05, 3.63) is 36.4 Å². The third kappa shape index (κ3) is 4.10. The van der Waals surface area contributed by atoms with E-state index in [9.17, 15) is 45.8 Å². The van der Waals surface area contributed by atoms with Gasteiger partial charge in [0.15, 0.2) is 5.69 Å². The molecule has 0 radical (unpaired) electrons. The van der Waals surface area contributed by atoms with Gasteiger partial charge in [0.1, 0.15) is 6.07 Å². The Labute approximate surface area is 170 Å². The van der Waals surface area contributed by atoms with E-state index in [1.54, 1.807) is 27.7 Å². The summed E-state index contributed by atoms with van der Waals surface area (Å²) < 4.78 is 0. The van der Waals surface area contributed by atoms with E-state index in [-0.39, 0.29) is 12.8 Å². The zero-order valence-electron chi connectivity index (χ0n) is 16.8. The normalized spacial score (nSPS) is 19.8. The average molecular weight is 429 g/mol. The summed E-state index contributed by atoms with van der Waals surface area (Å²) in [5, 5.41) is 68.8. The van der Waals surface area contributed by atoms with E-state index >= 15 is 0 Å². The molecule has 1 aliphatic rings. The molecule has 0 atom stereocenters. The van der Waals surface area contributed by atoms with Gasteiger partial charge >= 0.3 is 17.1 Å². The van der Waals surface area contributed by atoms with E-state index in [1.807, 2.05) is 0 Å². The number of phenols is 1. The molecule has 0 aliphatic carbocycles. The smallest absolute Gasteiger partial charge is 0.348 e. The van der Waals surface area contributed by atoms with Crippen LogP contribution in [0.1, 0.15) is 40.5 Å². The highest BCUT2D eigenvalue weighted by Crippen LogP contribution is 2.48. The fraction of sp³-hybridized carbons (Fsp3) is 0.625. The zero-order chi connectivity index (χ0) is 23.2. The first kappa shape index (κ1) is 23.2. The predicted molar refractivity (Wildman–Crippen MR) is 103 cm³/mol. The van der Waals surface area contributed by atoms with Crippen molar-refractivity contribution in [2.45, 2.75) is 57.2 Å². The lowest BCUT2D eigenvalue weighted by atomic mass is 9.72. The topological polar surface area (TPSA) is 205 Å². The van der Waals surface area contributed by atoms with E-state index in [2.05, 4.69) is 5.32 Å². The van der Waals surface area contributed by atoms with Gasteiger partial charge in [-0.1, -0.05) is 0 Å². The minimum atomic E-state index is -1.55. The lowest BCUT2D eigenvalue weighted by Gasteiger charge is -2.54. The number of nitro groups is 3. The van der Waals surface area contributed by atoms with E-state index in [4.69, 9.17) is 0 Å². The van der Waals surface area contributed by atoms with Crippen LogP contribution in [0.25, 0.3) is 0 Å². The third-order valence-corrected chi connectivity index (χ3v) is 5.07. The van der Waals surface area contributed by atoms with E-state index in [0.717, 1.165) is 5.06 Å². The number of benzene rings is 1. The van der Waals surface area contributed by atoms with Crippen molar-refractivity contribution in [1.29, 1.82) is 0 Å². The van der Waals surface area contributed by atoms with Crippen LogP contribution < -0.4 is 5.32 Å². The molecule has 1 heterocycles. The Balaban J connectivity index is 2.53.